The van der Waals surface area contributed by atoms with Crippen LogP contribution in [-0.2, 0) is 9.53 Å². The lowest BCUT2D eigenvalue weighted by atomic mass is 10.1. The summed E-state index contributed by atoms with van der Waals surface area (Å²) in [5.74, 6) is 0.905. The number of anilines is 1. The Morgan fingerprint density at radius 1 is 1.13 bits per heavy atom. The van der Waals surface area contributed by atoms with Gasteiger partial charge in [0.15, 0.2) is 18.1 Å². The van der Waals surface area contributed by atoms with E-state index in [1.165, 1.54) is 0 Å². The van der Waals surface area contributed by atoms with Crippen LogP contribution in [0.3, 0.4) is 0 Å². The van der Waals surface area contributed by atoms with E-state index in [0.717, 1.165) is 44.0 Å². The lowest BCUT2D eigenvalue weighted by Gasteiger charge is -2.29. The van der Waals surface area contributed by atoms with Crippen molar-refractivity contribution in [2.45, 2.75) is 20.8 Å². The first-order valence-electron chi connectivity index (χ1n) is 10.2. The van der Waals surface area contributed by atoms with Crippen molar-refractivity contribution in [1.29, 1.82) is 0 Å². The molecule has 0 saturated carbocycles. The van der Waals surface area contributed by atoms with E-state index in [4.69, 9.17) is 26.4 Å². The van der Waals surface area contributed by atoms with Gasteiger partial charge in [-0.25, -0.2) is 0 Å². The van der Waals surface area contributed by atoms with Gasteiger partial charge in [0.2, 0.25) is 0 Å². The molecule has 2 aromatic carbocycles. The van der Waals surface area contributed by atoms with Gasteiger partial charge >= 0.3 is 0 Å². The summed E-state index contributed by atoms with van der Waals surface area (Å²) in [6.07, 6.45) is 0. The number of carbonyl (C=O) groups is 1. The van der Waals surface area contributed by atoms with Crippen LogP contribution in [0, 0.1) is 17.4 Å². The molecule has 8 heteroatoms. The van der Waals surface area contributed by atoms with E-state index in [1.54, 1.807) is 0 Å². The Bertz CT molecular complexity index is 941. The van der Waals surface area contributed by atoms with E-state index in [9.17, 15) is 4.79 Å². The average molecular weight is 554 g/mol. The van der Waals surface area contributed by atoms with Crippen molar-refractivity contribution < 1.29 is 19.0 Å². The second-order valence-electron chi connectivity index (χ2n) is 7.34. The summed E-state index contributed by atoms with van der Waals surface area (Å²) in [5.41, 5.74) is 3.85. The molecule has 1 fully saturated rings. The van der Waals surface area contributed by atoms with Gasteiger partial charge in [-0.1, -0.05) is 18.3 Å². The maximum Gasteiger partial charge on any atom is 0.262 e. The summed E-state index contributed by atoms with van der Waals surface area (Å²) in [4.78, 5) is 15.4. The molecule has 2 aromatic rings. The summed E-state index contributed by atoms with van der Waals surface area (Å²) in [7, 11) is 0. The van der Waals surface area contributed by atoms with Gasteiger partial charge in [-0.05, 0) is 78.8 Å². The van der Waals surface area contributed by atoms with Crippen molar-refractivity contribution in [2.24, 2.45) is 0 Å². The van der Waals surface area contributed by atoms with E-state index < -0.39 is 0 Å². The van der Waals surface area contributed by atoms with E-state index in [1.807, 2.05) is 45.0 Å². The Labute approximate surface area is 202 Å². The number of halogens is 1. The lowest BCUT2D eigenvalue weighted by molar-refractivity contribution is -0.118. The molecule has 3 rings (SSSR count). The van der Waals surface area contributed by atoms with Gasteiger partial charge in [0.1, 0.15) is 4.99 Å². The van der Waals surface area contributed by atoms with Crippen LogP contribution in [0.15, 0.2) is 30.3 Å². The van der Waals surface area contributed by atoms with Crippen LogP contribution in [0.5, 0.6) is 11.5 Å². The van der Waals surface area contributed by atoms with Gasteiger partial charge in [-0.3, -0.25) is 4.79 Å². The standard InChI is InChI=1S/C23H27IN2O4S/c1-4-29-20-13-17(23(31)26-5-7-28-8-6-26)12-19(24)22(20)30-14-21(27)25-18-10-15(2)9-16(3)11-18/h9-13H,4-8,14H2,1-3H3,(H,25,27). The van der Waals surface area contributed by atoms with E-state index in [0.29, 0.717) is 31.3 Å². The van der Waals surface area contributed by atoms with Crippen LogP contribution < -0.4 is 14.8 Å². The molecule has 1 aliphatic heterocycles. The number of hydrogen-bond donors (Lipinski definition) is 1. The first kappa shape index (κ1) is 23.7. The third kappa shape index (κ3) is 6.54. The Morgan fingerprint density at radius 3 is 2.45 bits per heavy atom. The van der Waals surface area contributed by atoms with E-state index in [2.05, 4.69) is 38.9 Å². The van der Waals surface area contributed by atoms with Gasteiger partial charge in [0.05, 0.1) is 23.4 Å². The molecule has 0 aliphatic carbocycles. The van der Waals surface area contributed by atoms with Gasteiger partial charge < -0.3 is 24.4 Å². The van der Waals surface area contributed by atoms with Crippen LogP contribution in [0.25, 0.3) is 0 Å². The molecule has 0 spiro atoms. The molecule has 1 N–H and O–H groups in total. The monoisotopic (exact) mass is 554 g/mol. The zero-order valence-electron chi connectivity index (χ0n) is 18.0. The maximum absolute atomic E-state index is 12.5. The van der Waals surface area contributed by atoms with Crippen molar-refractivity contribution in [2.75, 3.05) is 44.8 Å². The number of rotatable bonds is 7. The van der Waals surface area contributed by atoms with Crippen LogP contribution in [0.4, 0.5) is 5.69 Å². The molecule has 1 aliphatic rings. The predicted octanol–water partition coefficient (Wildman–Crippen LogP) is 4.33. The first-order chi connectivity index (χ1) is 14.9. The molecule has 166 valence electrons. The second kappa shape index (κ2) is 11.1. The number of benzene rings is 2. The molecule has 1 heterocycles. The molecule has 31 heavy (non-hydrogen) atoms. The summed E-state index contributed by atoms with van der Waals surface area (Å²) in [5, 5.41) is 2.89. The van der Waals surface area contributed by atoms with E-state index >= 15 is 0 Å². The third-order valence-electron chi connectivity index (χ3n) is 4.71. The number of hydrogen-bond acceptors (Lipinski definition) is 5. The van der Waals surface area contributed by atoms with Gasteiger partial charge in [-0.15, -0.1) is 0 Å². The highest BCUT2D eigenvalue weighted by Gasteiger charge is 2.20. The molecule has 0 bridgehead atoms. The van der Waals surface area contributed by atoms with Crippen LogP contribution in [-0.4, -0.2) is 55.3 Å². The minimum absolute atomic E-state index is 0.115. The Morgan fingerprint density at radius 2 is 1.81 bits per heavy atom. The number of morpholine rings is 1. The quantitative estimate of drug-likeness (QED) is 0.406. The number of carbonyl (C=O) groups excluding carboxylic acids is 1. The first-order valence-corrected chi connectivity index (χ1v) is 11.7. The lowest BCUT2D eigenvalue weighted by Crippen LogP contribution is -2.40. The van der Waals surface area contributed by atoms with Gasteiger partial charge in [-0.2, -0.15) is 0 Å². The minimum Gasteiger partial charge on any atom is -0.490 e. The third-order valence-corrected chi connectivity index (χ3v) is 6.00. The zero-order valence-corrected chi connectivity index (χ0v) is 21.0. The maximum atomic E-state index is 12.5. The fraction of sp³-hybridized carbons (Fsp3) is 0.391. The zero-order chi connectivity index (χ0) is 22.4. The molecule has 1 amide bonds. The number of amides is 1. The summed E-state index contributed by atoms with van der Waals surface area (Å²) in [6, 6.07) is 9.79. The van der Waals surface area contributed by atoms with Crippen molar-refractivity contribution in [3.63, 3.8) is 0 Å². The Kier molecular flexibility index (Phi) is 8.50. The fourth-order valence-electron chi connectivity index (χ4n) is 3.43. The van der Waals surface area contributed by atoms with Crippen molar-refractivity contribution in [3.05, 3.63) is 50.6 Å². The molecule has 0 aromatic heterocycles. The molecule has 6 nitrogen and oxygen atoms in total. The van der Waals surface area contributed by atoms with Crippen molar-refractivity contribution in [1.82, 2.24) is 4.90 Å². The average Bonchev–Trinajstić information content (AvgIpc) is 2.72. The fourth-order valence-corrected chi connectivity index (χ4v) is 4.48. The molecular weight excluding hydrogens is 527 g/mol. The summed E-state index contributed by atoms with van der Waals surface area (Å²) < 4.78 is 17.9. The highest BCUT2D eigenvalue weighted by Crippen LogP contribution is 2.35. The second-order valence-corrected chi connectivity index (χ2v) is 8.89. The molecule has 0 atom stereocenters. The van der Waals surface area contributed by atoms with E-state index in [-0.39, 0.29) is 12.5 Å². The Hall–Kier alpha value is -1.91. The number of ether oxygens (including phenoxy) is 3. The Balaban J connectivity index is 1.72. The summed E-state index contributed by atoms with van der Waals surface area (Å²) in [6.45, 7) is 9.17. The van der Waals surface area contributed by atoms with Crippen LogP contribution >= 0.6 is 34.8 Å². The SMILES string of the molecule is CCOc1cc(C(=S)N2CCOCC2)cc(I)c1OCC(=O)Nc1cc(C)cc(C)c1. The smallest absolute Gasteiger partial charge is 0.262 e. The number of aryl methyl sites for hydroxylation is 2. The van der Waals surface area contributed by atoms with Crippen molar-refractivity contribution >= 4 is 51.4 Å². The van der Waals surface area contributed by atoms with Crippen LogP contribution in [0.2, 0.25) is 0 Å². The number of thiocarbonyl (C=S) groups is 1. The van der Waals surface area contributed by atoms with Crippen LogP contribution in [0.1, 0.15) is 23.6 Å². The predicted molar refractivity (Wildman–Crippen MR) is 134 cm³/mol. The molecule has 0 unspecified atom stereocenters. The minimum atomic E-state index is -0.226. The van der Waals surface area contributed by atoms with Crippen molar-refractivity contribution in [3.8, 4) is 11.5 Å². The molecule has 1 saturated heterocycles. The van der Waals surface area contributed by atoms with Gasteiger partial charge in [0, 0.05) is 24.3 Å². The largest absolute Gasteiger partial charge is 0.490 e. The van der Waals surface area contributed by atoms with Gasteiger partial charge in [0.25, 0.3) is 5.91 Å². The number of nitrogens with zero attached hydrogens (tertiary/aromatic N) is 1. The topological polar surface area (TPSA) is 60.0 Å². The highest BCUT2D eigenvalue weighted by molar-refractivity contribution is 14.1. The normalized spacial score (nSPS) is 13.6. The summed E-state index contributed by atoms with van der Waals surface area (Å²) >= 11 is 7.89. The highest BCUT2D eigenvalue weighted by atomic mass is 127. The molecule has 0 radical (unpaired) electrons. The molecular formula is C23H27IN2O4S. The number of nitrogens with one attached hydrogen (secondary N) is 1.